The third kappa shape index (κ3) is 2.96. The van der Waals surface area contributed by atoms with Gasteiger partial charge in [0.1, 0.15) is 0 Å². The zero-order chi connectivity index (χ0) is 9.73. The fourth-order valence-corrected chi connectivity index (χ4v) is 1.86. The minimum Gasteiger partial charge on any atom is -0.373 e. The van der Waals surface area contributed by atoms with E-state index in [2.05, 4.69) is 13.8 Å². The highest BCUT2D eigenvalue weighted by atomic mass is 16.5. The average molecular weight is 185 g/mol. The molecule has 0 amide bonds. The maximum absolute atomic E-state index is 5.97. The smallest absolute Gasteiger partial charge is 0.0804 e. The Morgan fingerprint density at radius 2 is 2.00 bits per heavy atom. The van der Waals surface area contributed by atoms with Crippen LogP contribution in [0.5, 0.6) is 0 Å². The van der Waals surface area contributed by atoms with Gasteiger partial charge in [-0.15, -0.1) is 0 Å². The van der Waals surface area contributed by atoms with Gasteiger partial charge in [-0.1, -0.05) is 33.1 Å². The van der Waals surface area contributed by atoms with Crippen LogP contribution in [0.15, 0.2) is 0 Å². The van der Waals surface area contributed by atoms with Crippen LogP contribution >= 0.6 is 0 Å². The first-order valence-corrected chi connectivity index (χ1v) is 5.56. The van der Waals surface area contributed by atoms with E-state index >= 15 is 0 Å². The topological polar surface area (TPSA) is 35.2 Å². The van der Waals surface area contributed by atoms with Crippen LogP contribution in [0.1, 0.15) is 46.0 Å². The molecule has 0 aromatic heterocycles. The summed E-state index contributed by atoms with van der Waals surface area (Å²) in [4.78, 5) is 0. The number of ether oxygens (including phenoxy) is 1. The van der Waals surface area contributed by atoms with E-state index in [0.29, 0.717) is 12.5 Å². The molecule has 1 saturated carbocycles. The molecule has 2 heteroatoms. The van der Waals surface area contributed by atoms with Gasteiger partial charge in [0.05, 0.1) is 5.60 Å². The number of nitrogens with two attached hydrogens (primary N) is 1. The van der Waals surface area contributed by atoms with Crippen molar-refractivity contribution in [1.82, 2.24) is 0 Å². The molecule has 0 bridgehead atoms. The summed E-state index contributed by atoms with van der Waals surface area (Å²) in [6.45, 7) is 6.02. The molecule has 2 N–H and O–H groups in total. The van der Waals surface area contributed by atoms with Crippen LogP contribution in [0, 0.1) is 5.92 Å². The zero-order valence-electron chi connectivity index (χ0n) is 9.01. The molecule has 13 heavy (non-hydrogen) atoms. The first kappa shape index (κ1) is 11.0. The van der Waals surface area contributed by atoms with Crippen molar-refractivity contribution in [3.63, 3.8) is 0 Å². The lowest BCUT2D eigenvalue weighted by Crippen LogP contribution is -2.38. The predicted octanol–water partition coefficient (Wildman–Crippen LogP) is 2.32. The molecule has 1 unspecified atom stereocenters. The highest BCUT2D eigenvalue weighted by molar-refractivity contribution is 4.87. The van der Waals surface area contributed by atoms with Crippen molar-refractivity contribution in [2.24, 2.45) is 11.7 Å². The van der Waals surface area contributed by atoms with Gasteiger partial charge in [-0.25, -0.2) is 0 Å². The molecule has 0 spiro atoms. The van der Waals surface area contributed by atoms with Crippen LogP contribution in [0.2, 0.25) is 0 Å². The molecule has 0 aromatic carbocycles. The lowest BCUT2D eigenvalue weighted by Gasteiger charge is -2.29. The fraction of sp³-hybridized carbons (Fsp3) is 1.00. The second-order valence-electron chi connectivity index (χ2n) is 4.42. The van der Waals surface area contributed by atoms with Crippen molar-refractivity contribution in [3.05, 3.63) is 0 Å². The highest BCUT2D eigenvalue weighted by Gasteiger charge is 2.33. The van der Waals surface area contributed by atoms with E-state index in [0.717, 1.165) is 6.61 Å². The van der Waals surface area contributed by atoms with Crippen LogP contribution in [0.25, 0.3) is 0 Å². The van der Waals surface area contributed by atoms with Gasteiger partial charge in [-0.05, 0) is 18.8 Å². The maximum Gasteiger partial charge on any atom is 0.0804 e. The first-order valence-electron chi connectivity index (χ1n) is 5.56. The van der Waals surface area contributed by atoms with E-state index in [-0.39, 0.29) is 5.60 Å². The molecule has 78 valence electrons. The van der Waals surface area contributed by atoms with Crippen molar-refractivity contribution in [2.45, 2.75) is 51.6 Å². The average Bonchev–Trinajstić information content (AvgIpc) is 2.63. The minimum absolute atomic E-state index is 0.0451. The Morgan fingerprint density at radius 1 is 1.38 bits per heavy atom. The lowest BCUT2D eigenvalue weighted by molar-refractivity contribution is -0.0480. The molecule has 1 aliphatic carbocycles. The Balaban J connectivity index is 2.31. The highest BCUT2D eigenvalue weighted by Crippen LogP contribution is 2.32. The molecule has 1 aliphatic rings. The minimum atomic E-state index is 0.0451. The van der Waals surface area contributed by atoms with Crippen LogP contribution in [-0.2, 0) is 4.74 Å². The van der Waals surface area contributed by atoms with Crippen LogP contribution in [0.4, 0.5) is 0 Å². The second-order valence-corrected chi connectivity index (χ2v) is 4.42. The van der Waals surface area contributed by atoms with E-state index in [1.807, 2.05) is 0 Å². The van der Waals surface area contributed by atoms with Gasteiger partial charge < -0.3 is 10.5 Å². The van der Waals surface area contributed by atoms with E-state index < -0.39 is 0 Å². The van der Waals surface area contributed by atoms with Crippen LogP contribution < -0.4 is 5.73 Å². The summed E-state index contributed by atoms with van der Waals surface area (Å²) in [7, 11) is 0. The Bertz CT molecular complexity index is 141. The molecule has 1 rings (SSSR count). The molecule has 2 nitrogen and oxygen atoms in total. The largest absolute Gasteiger partial charge is 0.373 e. The van der Waals surface area contributed by atoms with Crippen LogP contribution in [-0.4, -0.2) is 18.8 Å². The summed E-state index contributed by atoms with van der Waals surface area (Å²) in [5.41, 5.74) is 5.82. The summed E-state index contributed by atoms with van der Waals surface area (Å²) in [6, 6.07) is 0. The standard InChI is InChI=1S/C11H23NO/c1-3-10(2)8-13-11(9-12)6-4-5-7-11/h10H,3-9,12H2,1-2H3. The summed E-state index contributed by atoms with van der Waals surface area (Å²) in [5, 5.41) is 0. The molecule has 1 fully saturated rings. The number of rotatable bonds is 5. The van der Waals surface area contributed by atoms with Gasteiger partial charge in [0.25, 0.3) is 0 Å². The van der Waals surface area contributed by atoms with Crippen molar-refractivity contribution in [1.29, 1.82) is 0 Å². The van der Waals surface area contributed by atoms with E-state index in [9.17, 15) is 0 Å². The second kappa shape index (κ2) is 4.97. The molecular formula is C11H23NO. The molecule has 0 aromatic rings. The Labute approximate surface area is 81.8 Å². The zero-order valence-corrected chi connectivity index (χ0v) is 9.01. The Kier molecular flexibility index (Phi) is 4.20. The third-order valence-electron chi connectivity index (χ3n) is 3.26. The van der Waals surface area contributed by atoms with Gasteiger partial charge in [0.2, 0.25) is 0 Å². The van der Waals surface area contributed by atoms with Gasteiger partial charge >= 0.3 is 0 Å². The predicted molar refractivity (Wildman–Crippen MR) is 55.7 cm³/mol. The third-order valence-corrected chi connectivity index (χ3v) is 3.26. The van der Waals surface area contributed by atoms with Gasteiger partial charge in [0.15, 0.2) is 0 Å². The molecule has 0 aliphatic heterocycles. The summed E-state index contributed by atoms with van der Waals surface area (Å²) >= 11 is 0. The van der Waals surface area contributed by atoms with E-state index in [1.54, 1.807) is 0 Å². The quantitative estimate of drug-likeness (QED) is 0.713. The maximum atomic E-state index is 5.97. The molecule has 1 atom stereocenters. The number of hydrogen-bond acceptors (Lipinski definition) is 2. The van der Waals surface area contributed by atoms with E-state index in [4.69, 9.17) is 10.5 Å². The molecule has 0 saturated heterocycles. The first-order chi connectivity index (χ1) is 6.22. The molecular weight excluding hydrogens is 162 g/mol. The lowest BCUT2D eigenvalue weighted by atomic mass is 10.0. The Hall–Kier alpha value is -0.0800. The summed E-state index contributed by atoms with van der Waals surface area (Å²) < 4.78 is 5.97. The number of hydrogen-bond donors (Lipinski definition) is 1. The van der Waals surface area contributed by atoms with Gasteiger partial charge in [-0.2, -0.15) is 0 Å². The fourth-order valence-electron chi connectivity index (χ4n) is 1.86. The summed E-state index contributed by atoms with van der Waals surface area (Å²) in [5.74, 6) is 0.670. The van der Waals surface area contributed by atoms with Crippen LogP contribution in [0.3, 0.4) is 0 Å². The normalized spacial score (nSPS) is 23.3. The molecule has 0 heterocycles. The Morgan fingerprint density at radius 3 is 2.46 bits per heavy atom. The van der Waals surface area contributed by atoms with Crippen molar-refractivity contribution < 1.29 is 4.74 Å². The SMILES string of the molecule is CCC(C)COC1(CN)CCCC1. The van der Waals surface area contributed by atoms with Crippen molar-refractivity contribution in [2.75, 3.05) is 13.2 Å². The molecule has 0 radical (unpaired) electrons. The monoisotopic (exact) mass is 185 g/mol. The van der Waals surface area contributed by atoms with Gasteiger partial charge in [-0.3, -0.25) is 0 Å². The van der Waals surface area contributed by atoms with E-state index in [1.165, 1.54) is 32.1 Å². The van der Waals surface area contributed by atoms with Crippen molar-refractivity contribution >= 4 is 0 Å². The van der Waals surface area contributed by atoms with Crippen molar-refractivity contribution in [3.8, 4) is 0 Å². The summed E-state index contributed by atoms with van der Waals surface area (Å²) in [6.07, 6.45) is 6.11. The van der Waals surface area contributed by atoms with Gasteiger partial charge in [0, 0.05) is 13.2 Å².